The number of halogens is 2. The number of benzene rings is 2. The number of likely N-dealkylation sites (N-methyl/N-ethyl adjacent to an activating group) is 1. The van der Waals surface area contributed by atoms with Gasteiger partial charge in [-0.1, -0.05) is 41.4 Å². The van der Waals surface area contributed by atoms with Gasteiger partial charge in [0.15, 0.2) is 5.96 Å². The van der Waals surface area contributed by atoms with E-state index in [0.29, 0.717) is 21.3 Å². The average Bonchev–Trinajstić information content (AvgIpc) is 2.76. The van der Waals surface area contributed by atoms with E-state index >= 15 is 0 Å². The molecule has 1 spiro atoms. The molecule has 0 saturated heterocycles. The summed E-state index contributed by atoms with van der Waals surface area (Å²) >= 11 is 12.1. The van der Waals surface area contributed by atoms with Crippen molar-refractivity contribution in [2.24, 2.45) is 15.7 Å². The number of nitrogens with one attached hydrogen (secondary N) is 2. The first-order valence-corrected chi connectivity index (χ1v) is 8.47. The van der Waals surface area contributed by atoms with Crippen LogP contribution in [0.3, 0.4) is 0 Å². The van der Waals surface area contributed by atoms with Crippen molar-refractivity contribution in [1.82, 2.24) is 5.32 Å². The van der Waals surface area contributed by atoms with E-state index in [1.165, 1.54) is 4.90 Å². The number of carbonyl (C=O) groups excluding carboxylic acids is 1. The summed E-state index contributed by atoms with van der Waals surface area (Å²) in [6.45, 7) is 0. The molecule has 4 rings (SSSR count). The van der Waals surface area contributed by atoms with Crippen LogP contribution in [0.5, 0.6) is 0 Å². The molecule has 2 aromatic rings. The minimum absolute atomic E-state index is 0.0779. The maximum Gasteiger partial charge on any atom is 0.282 e. The molecule has 132 valence electrons. The van der Waals surface area contributed by atoms with Crippen molar-refractivity contribution in [3.63, 3.8) is 0 Å². The largest absolute Gasteiger partial charge is 0.370 e. The maximum absolute atomic E-state index is 12.9. The number of rotatable bonds is 1. The number of amides is 1. The SMILES string of the molecule is CN1C(=O)C2(N=C(N)NC(Nc3cc(Cl)cc(Cl)c3)=N2)c2ccccc21. The summed E-state index contributed by atoms with van der Waals surface area (Å²) in [4.78, 5) is 23.3. The van der Waals surface area contributed by atoms with Gasteiger partial charge in [-0.25, -0.2) is 9.98 Å². The molecule has 2 aromatic carbocycles. The van der Waals surface area contributed by atoms with Gasteiger partial charge in [0, 0.05) is 28.3 Å². The lowest BCUT2D eigenvalue weighted by Gasteiger charge is -2.26. The molecule has 0 bridgehead atoms. The predicted octanol–water partition coefficient (Wildman–Crippen LogP) is 2.51. The third-order valence-corrected chi connectivity index (χ3v) is 4.61. The van der Waals surface area contributed by atoms with Crippen LogP contribution in [-0.4, -0.2) is 24.9 Å². The summed E-state index contributed by atoms with van der Waals surface area (Å²) in [5.41, 5.74) is 6.51. The molecule has 2 heterocycles. The number of aliphatic imine (C=N–C) groups is 2. The van der Waals surface area contributed by atoms with E-state index in [-0.39, 0.29) is 17.8 Å². The highest BCUT2D eigenvalue weighted by Crippen LogP contribution is 2.43. The van der Waals surface area contributed by atoms with Crippen LogP contribution in [0.2, 0.25) is 10.0 Å². The number of para-hydroxylation sites is 1. The van der Waals surface area contributed by atoms with Crippen molar-refractivity contribution in [2.75, 3.05) is 17.3 Å². The van der Waals surface area contributed by atoms with Crippen LogP contribution in [0.4, 0.5) is 11.4 Å². The second-order valence-corrected chi connectivity index (χ2v) is 6.79. The number of guanidine groups is 2. The molecule has 2 aliphatic rings. The smallest absolute Gasteiger partial charge is 0.282 e. The molecule has 2 aliphatic heterocycles. The standard InChI is InChI=1S/C17H14Cl2N6O/c1-25-13-5-3-2-4-12(13)17(14(25)26)23-15(20)22-16(24-17)21-11-7-9(18)6-10(19)8-11/h2-8H,1H3,(H4,20,21,22,23,24). The summed E-state index contributed by atoms with van der Waals surface area (Å²) in [6, 6.07) is 12.3. The second kappa shape index (κ2) is 5.89. The molecule has 26 heavy (non-hydrogen) atoms. The fourth-order valence-electron chi connectivity index (χ4n) is 3.10. The van der Waals surface area contributed by atoms with Gasteiger partial charge in [0.2, 0.25) is 5.96 Å². The first kappa shape index (κ1) is 16.7. The normalized spacial score (nSPS) is 21.2. The van der Waals surface area contributed by atoms with Gasteiger partial charge in [0.25, 0.3) is 11.6 Å². The van der Waals surface area contributed by atoms with Crippen molar-refractivity contribution in [1.29, 1.82) is 0 Å². The van der Waals surface area contributed by atoms with Crippen LogP contribution >= 0.6 is 23.2 Å². The fraction of sp³-hybridized carbons (Fsp3) is 0.118. The van der Waals surface area contributed by atoms with Gasteiger partial charge in [0.1, 0.15) is 0 Å². The summed E-state index contributed by atoms with van der Waals surface area (Å²) < 4.78 is 0. The van der Waals surface area contributed by atoms with Crippen molar-refractivity contribution >= 4 is 52.4 Å². The minimum Gasteiger partial charge on any atom is -0.370 e. The van der Waals surface area contributed by atoms with Crippen LogP contribution in [0.1, 0.15) is 5.56 Å². The summed E-state index contributed by atoms with van der Waals surface area (Å²) in [7, 11) is 1.68. The van der Waals surface area contributed by atoms with Gasteiger partial charge >= 0.3 is 0 Å². The highest BCUT2D eigenvalue weighted by Gasteiger charge is 2.52. The molecule has 0 saturated carbocycles. The zero-order valence-electron chi connectivity index (χ0n) is 13.6. The average molecular weight is 389 g/mol. The number of hydrogen-bond acceptors (Lipinski definition) is 6. The van der Waals surface area contributed by atoms with Crippen LogP contribution in [-0.2, 0) is 10.5 Å². The van der Waals surface area contributed by atoms with Crippen molar-refractivity contribution in [3.8, 4) is 0 Å². The zero-order chi connectivity index (χ0) is 18.5. The Balaban J connectivity index is 1.80. The van der Waals surface area contributed by atoms with E-state index in [9.17, 15) is 4.79 Å². The maximum atomic E-state index is 12.9. The molecule has 0 aliphatic carbocycles. The van der Waals surface area contributed by atoms with E-state index in [0.717, 1.165) is 5.69 Å². The van der Waals surface area contributed by atoms with Crippen LogP contribution < -0.4 is 21.3 Å². The Labute approximate surface area is 159 Å². The molecule has 0 radical (unpaired) electrons. The molecule has 1 atom stereocenters. The summed E-state index contributed by atoms with van der Waals surface area (Å²) in [5, 5.41) is 6.81. The van der Waals surface area contributed by atoms with Crippen LogP contribution in [0.25, 0.3) is 0 Å². The number of hydrogen-bond donors (Lipinski definition) is 3. The lowest BCUT2D eigenvalue weighted by Crippen LogP contribution is -2.50. The highest BCUT2D eigenvalue weighted by molar-refractivity contribution is 6.35. The van der Waals surface area contributed by atoms with Crippen molar-refractivity contribution < 1.29 is 4.79 Å². The number of fused-ring (bicyclic) bond motifs is 2. The molecular formula is C17H14Cl2N6O. The Morgan fingerprint density at radius 2 is 1.85 bits per heavy atom. The lowest BCUT2D eigenvalue weighted by atomic mass is 10.0. The van der Waals surface area contributed by atoms with E-state index in [1.807, 2.05) is 24.3 Å². The number of nitrogens with zero attached hydrogens (tertiary/aromatic N) is 3. The van der Waals surface area contributed by atoms with Gasteiger partial charge in [-0.05, 0) is 24.3 Å². The molecule has 1 amide bonds. The Morgan fingerprint density at radius 3 is 2.58 bits per heavy atom. The first-order chi connectivity index (χ1) is 12.4. The lowest BCUT2D eigenvalue weighted by molar-refractivity contribution is -0.122. The van der Waals surface area contributed by atoms with Gasteiger partial charge in [-0.15, -0.1) is 0 Å². The highest BCUT2D eigenvalue weighted by atomic mass is 35.5. The van der Waals surface area contributed by atoms with Gasteiger partial charge < -0.3 is 16.0 Å². The monoisotopic (exact) mass is 388 g/mol. The molecule has 7 nitrogen and oxygen atoms in total. The van der Waals surface area contributed by atoms with Gasteiger partial charge in [-0.3, -0.25) is 10.1 Å². The Kier molecular flexibility index (Phi) is 3.78. The van der Waals surface area contributed by atoms with Gasteiger partial charge in [-0.2, -0.15) is 0 Å². The number of nitrogens with two attached hydrogens (primary N) is 1. The molecular weight excluding hydrogens is 375 g/mol. The first-order valence-electron chi connectivity index (χ1n) is 7.72. The molecule has 9 heteroatoms. The molecule has 4 N–H and O–H groups in total. The third-order valence-electron chi connectivity index (χ3n) is 4.17. The fourth-order valence-corrected chi connectivity index (χ4v) is 3.62. The molecule has 0 aromatic heterocycles. The Hall–Kier alpha value is -2.77. The summed E-state index contributed by atoms with van der Waals surface area (Å²) in [5.74, 6) is 0.0648. The Morgan fingerprint density at radius 1 is 1.15 bits per heavy atom. The molecule has 1 unspecified atom stereocenters. The van der Waals surface area contributed by atoms with E-state index in [4.69, 9.17) is 28.9 Å². The van der Waals surface area contributed by atoms with E-state index in [2.05, 4.69) is 20.6 Å². The topological polar surface area (TPSA) is 95.1 Å². The number of anilines is 2. The van der Waals surface area contributed by atoms with Crippen molar-refractivity contribution in [2.45, 2.75) is 5.66 Å². The zero-order valence-corrected chi connectivity index (χ0v) is 15.1. The summed E-state index contributed by atoms with van der Waals surface area (Å²) in [6.07, 6.45) is 0. The van der Waals surface area contributed by atoms with E-state index in [1.54, 1.807) is 25.2 Å². The second-order valence-electron chi connectivity index (χ2n) is 5.92. The minimum atomic E-state index is -1.45. The van der Waals surface area contributed by atoms with Gasteiger partial charge in [0.05, 0.1) is 5.69 Å². The Bertz CT molecular complexity index is 969. The van der Waals surface area contributed by atoms with Crippen LogP contribution in [0.15, 0.2) is 52.4 Å². The molecule has 0 fully saturated rings. The van der Waals surface area contributed by atoms with Crippen molar-refractivity contribution in [3.05, 3.63) is 58.1 Å². The van der Waals surface area contributed by atoms with E-state index < -0.39 is 5.66 Å². The quantitative estimate of drug-likeness (QED) is 0.699. The predicted molar refractivity (Wildman–Crippen MR) is 104 cm³/mol. The third kappa shape index (κ3) is 2.56. The van der Waals surface area contributed by atoms with Crippen LogP contribution in [0, 0.1) is 0 Å². The number of carbonyl (C=O) groups is 1.